The molecule has 1 aromatic carbocycles. The number of amides is 1. The second-order valence-corrected chi connectivity index (χ2v) is 8.01. The molecule has 2 heterocycles. The Hall–Kier alpha value is -2.87. The molecule has 3 rings (SSSR count). The molecule has 0 spiro atoms. The molecular weight excluding hydrogens is 336 g/mol. The van der Waals surface area contributed by atoms with Gasteiger partial charge in [-0.15, -0.1) is 0 Å². The lowest BCUT2D eigenvalue weighted by molar-refractivity contribution is -0.130. The Morgan fingerprint density at radius 1 is 1.07 bits per heavy atom. The lowest BCUT2D eigenvalue weighted by atomic mass is 9.86. The largest absolute Gasteiger partial charge is 0.353 e. The minimum absolute atomic E-state index is 0.123. The fraction of sp³-hybridized carbons (Fsp3) is 0.409. The van der Waals surface area contributed by atoms with Crippen molar-refractivity contribution >= 4 is 11.7 Å². The normalized spacial score (nSPS) is 14.7. The van der Waals surface area contributed by atoms with Crippen LogP contribution in [-0.2, 0) is 16.6 Å². The number of piperazine rings is 1. The standard InChI is InChI=1S/C22H26N4O/c1-22(2,3)19-7-4-17(5-8-19)14-21(27)26-12-10-25(11-13-26)20-9-6-18(15-23)16-24-20/h4-9,16H,10-14H2,1-3H3. The highest BCUT2D eigenvalue weighted by atomic mass is 16.2. The van der Waals surface area contributed by atoms with Crippen molar-refractivity contribution in [2.75, 3.05) is 31.1 Å². The minimum atomic E-state index is 0.123. The number of anilines is 1. The number of pyridine rings is 1. The van der Waals surface area contributed by atoms with Gasteiger partial charge in [-0.2, -0.15) is 5.26 Å². The van der Waals surface area contributed by atoms with Gasteiger partial charge in [-0.1, -0.05) is 45.0 Å². The molecule has 1 saturated heterocycles. The van der Waals surface area contributed by atoms with E-state index < -0.39 is 0 Å². The molecule has 2 aromatic rings. The van der Waals surface area contributed by atoms with E-state index in [1.807, 2.05) is 11.0 Å². The van der Waals surface area contributed by atoms with E-state index in [1.54, 1.807) is 12.3 Å². The second kappa shape index (κ2) is 7.79. The summed E-state index contributed by atoms with van der Waals surface area (Å²) in [6.07, 6.45) is 2.04. The van der Waals surface area contributed by atoms with Crippen LogP contribution >= 0.6 is 0 Å². The summed E-state index contributed by atoms with van der Waals surface area (Å²) in [7, 11) is 0. The highest BCUT2D eigenvalue weighted by molar-refractivity contribution is 5.79. The Kier molecular flexibility index (Phi) is 5.46. The third-order valence-electron chi connectivity index (χ3n) is 5.01. The van der Waals surface area contributed by atoms with Gasteiger partial charge in [0, 0.05) is 32.4 Å². The van der Waals surface area contributed by atoms with Gasteiger partial charge in [0.25, 0.3) is 0 Å². The highest BCUT2D eigenvalue weighted by Crippen LogP contribution is 2.22. The van der Waals surface area contributed by atoms with Gasteiger partial charge in [0.15, 0.2) is 0 Å². The van der Waals surface area contributed by atoms with E-state index in [1.165, 1.54) is 5.56 Å². The lowest BCUT2D eigenvalue weighted by Gasteiger charge is -2.35. The van der Waals surface area contributed by atoms with Crippen LogP contribution in [0.3, 0.4) is 0 Å². The molecule has 1 fully saturated rings. The second-order valence-electron chi connectivity index (χ2n) is 8.01. The topological polar surface area (TPSA) is 60.2 Å². The molecule has 140 valence electrons. The summed E-state index contributed by atoms with van der Waals surface area (Å²) in [6.45, 7) is 9.47. The average Bonchev–Trinajstić information content (AvgIpc) is 2.68. The number of hydrogen-bond donors (Lipinski definition) is 0. The van der Waals surface area contributed by atoms with E-state index >= 15 is 0 Å². The van der Waals surface area contributed by atoms with Crippen LogP contribution < -0.4 is 4.90 Å². The van der Waals surface area contributed by atoms with Gasteiger partial charge >= 0.3 is 0 Å². The molecule has 1 aromatic heterocycles. The molecular formula is C22H26N4O. The molecule has 0 unspecified atom stereocenters. The Bertz CT molecular complexity index is 821. The molecule has 0 bridgehead atoms. The van der Waals surface area contributed by atoms with E-state index in [4.69, 9.17) is 5.26 Å². The van der Waals surface area contributed by atoms with Crippen molar-refractivity contribution in [2.24, 2.45) is 0 Å². The van der Waals surface area contributed by atoms with Gasteiger partial charge in [-0.25, -0.2) is 4.98 Å². The van der Waals surface area contributed by atoms with Crippen LogP contribution in [0, 0.1) is 11.3 Å². The SMILES string of the molecule is CC(C)(C)c1ccc(CC(=O)N2CCN(c3ccc(C#N)cn3)CC2)cc1. The highest BCUT2D eigenvalue weighted by Gasteiger charge is 2.22. The zero-order chi connectivity index (χ0) is 19.4. The van der Waals surface area contributed by atoms with E-state index in [0.29, 0.717) is 25.1 Å². The number of nitriles is 1. The van der Waals surface area contributed by atoms with Crippen LogP contribution in [0.4, 0.5) is 5.82 Å². The molecule has 5 heteroatoms. The molecule has 5 nitrogen and oxygen atoms in total. The Morgan fingerprint density at radius 2 is 1.74 bits per heavy atom. The predicted octanol–water partition coefficient (Wildman–Crippen LogP) is 3.14. The smallest absolute Gasteiger partial charge is 0.227 e. The van der Waals surface area contributed by atoms with Gasteiger partial charge in [0.2, 0.25) is 5.91 Å². The molecule has 1 aliphatic rings. The summed E-state index contributed by atoms with van der Waals surface area (Å²) < 4.78 is 0. The van der Waals surface area contributed by atoms with E-state index in [0.717, 1.165) is 24.5 Å². The summed E-state index contributed by atoms with van der Waals surface area (Å²) in [6, 6.07) is 14.1. The third-order valence-corrected chi connectivity index (χ3v) is 5.01. The summed E-state index contributed by atoms with van der Waals surface area (Å²) in [5.74, 6) is 1.03. The van der Waals surface area contributed by atoms with Gasteiger partial charge in [0.05, 0.1) is 12.0 Å². The number of carbonyl (C=O) groups excluding carboxylic acids is 1. The van der Waals surface area contributed by atoms with Crippen LogP contribution in [0.1, 0.15) is 37.5 Å². The van der Waals surface area contributed by atoms with E-state index in [2.05, 4.69) is 61.0 Å². The van der Waals surface area contributed by atoms with Crippen molar-refractivity contribution in [3.63, 3.8) is 0 Å². The molecule has 0 radical (unpaired) electrons. The van der Waals surface area contributed by atoms with Crippen molar-refractivity contribution in [1.82, 2.24) is 9.88 Å². The molecule has 0 N–H and O–H groups in total. The molecule has 0 saturated carbocycles. The first-order valence-corrected chi connectivity index (χ1v) is 9.35. The number of aromatic nitrogens is 1. The molecule has 1 amide bonds. The third kappa shape index (κ3) is 4.65. The minimum Gasteiger partial charge on any atom is -0.353 e. The van der Waals surface area contributed by atoms with Gasteiger partial charge in [-0.05, 0) is 28.7 Å². The maximum Gasteiger partial charge on any atom is 0.227 e. The first-order valence-electron chi connectivity index (χ1n) is 9.35. The van der Waals surface area contributed by atoms with Crippen LogP contribution in [0.25, 0.3) is 0 Å². The molecule has 1 aliphatic heterocycles. The number of benzene rings is 1. The molecule has 0 atom stereocenters. The predicted molar refractivity (Wildman–Crippen MR) is 107 cm³/mol. The number of carbonyl (C=O) groups is 1. The summed E-state index contributed by atoms with van der Waals surface area (Å²) in [5.41, 5.74) is 3.02. The number of nitrogens with zero attached hydrogens (tertiary/aromatic N) is 4. The van der Waals surface area contributed by atoms with E-state index in [-0.39, 0.29) is 11.3 Å². The molecule has 0 aliphatic carbocycles. The summed E-state index contributed by atoms with van der Waals surface area (Å²) in [4.78, 5) is 21.1. The zero-order valence-corrected chi connectivity index (χ0v) is 16.3. The summed E-state index contributed by atoms with van der Waals surface area (Å²) in [5, 5.41) is 8.86. The monoisotopic (exact) mass is 362 g/mol. The maximum atomic E-state index is 12.6. The van der Waals surface area contributed by atoms with Crippen molar-refractivity contribution in [3.05, 3.63) is 59.3 Å². The zero-order valence-electron chi connectivity index (χ0n) is 16.3. The van der Waals surface area contributed by atoms with Gasteiger partial charge in [0.1, 0.15) is 11.9 Å². The van der Waals surface area contributed by atoms with Crippen molar-refractivity contribution in [1.29, 1.82) is 5.26 Å². The first-order chi connectivity index (χ1) is 12.9. The number of rotatable bonds is 3. The van der Waals surface area contributed by atoms with Crippen LogP contribution in [0.15, 0.2) is 42.6 Å². The fourth-order valence-electron chi connectivity index (χ4n) is 3.23. The van der Waals surface area contributed by atoms with E-state index in [9.17, 15) is 4.79 Å². The van der Waals surface area contributed by atoms with Crippen LogP contribution in [-0.4, -0.2) is 42.0 Å². The van der Waals surface area contributed by atoms with Crippen molar-refractivity contribution in [3.8, 4) is 6.07 Å². The quantitative estimate of drug-likeness (QED) is 0.842. The maximum absolute atomic E-state index is 12.6. The molecule has 27 heavy (non-hydrogen) atoms. The first kappa shape index (κ1) is 18.9. The van der Waals surface area contributed by atoms with Gasteiger partial charge in [-0.3, -0.25) is 4.79 Å². The van der Waals surface area contributed by atoms with Gasteiger partial charge < -0.3 is 9.80 Å². The Labute approximate surface area is 161 Å². The average molecular weight is 362 g/mol. The Balaban J connectivity index is 1.54. The fourth-order valence-corrected chi connectivity index (χ4v) is 3.23. The van der Waals surface area contributed by atoms with Crippen molar-refractivity contribution in [2.45, 2.75) is 32.6 Å². The Morgan fingerprint density at radius 3 is 2.26 bits per heavy atom. The number of hydrogen-bond acceptors (Lipinski definition) is 4. The van der Waals surface area contributed by atoms with Crippen LogP contribution in [0.5, 0.6) is 0 Å². The van der Waals surface area contributed by atoms with Crippen molar-refractivity contribution < 1.29 is 4.79 Å². The van der Waals surface area contributed by atoms with Crippen LogP contribution in [0.2, 0.25) is 0 Å². The summed E-state index contributed by atoms with van der Waals surface area (Å²) >= 11 is 0. The lowest BCUT2D eigenvalue weighted by Crippen LogP contribution is -2.49.